The van der Waals surface area contributed by atoms with Gasteiger partial charge in [-0.2, -0.15) is 0 Å². The minimum absolute atomic E-state index is 0.0100. The Hall–Kier alpha value is -7.24. The van der Waals surface area contributed by atoms with E-state index in [1.165, 1.54) is 42.7 Å². The molecule has 4 aromatic rings. The van der Waals surface area contributed by atoms with Gasteiger partial charge in [-0.15, -0.1) is 0 Å². The highest BCUT2D eigenvalue weighted by Crippen LogP contribution is 2.59. The van der Waals surface area contributed by atoms with Crippen LogP contribution in [-0.4, -0.2) is 93.3 Å². The fraction of sp³-hybridized carbons (Fsp3) is 0.440. The first-order valence-electron chi connectivity index (χ1n) is 22.3. The Morgan fingerprint density at radius 2 is 0.809 bits per heavy atom. The fourth-order valence-electron chi connectivity index (χ4n) is 10.8. The first kappa shape index (κ1) is 44.6. The van der Waals surface area contributed by atoms with Crippen molar-refractivity contribution in [3.8, 4) is 57.5 Å². The molecule has 358 valence electrons. The van der Waals surface area contributed by atoms with Crippen molar-refractivity contribution in [2.45, 2.75) is 49.7 Å². The van der Waals surface area contributed by atoms with Crippen LogP contribution in [0.2, 0.25) is 0 Å². The molecule has 0 aromatic heterocycles. The summed E-state index contributed by atoms with van der Waals surface area (Å²) in [6.07, 6.45) is -1.17. The number of hydrogen-bond donors (Lipinski definition) is 0. The minimum Gasteiger partial charge on any atom is -0.493 e. The van der Waals surface area contributed by atoms with Gasteiger partial charge < -0.3 is 66.3 Å². The number of esters is 4. The minimum atomic E-state index is -0.859. The summed E-state index contributed by atoms with van der Waals surface area (Å²) in [6.45, 7) is 0.0678. The fourth-order valence-corrected chi connectivity index (χ4v) is 10.8. The molecule has 8 atom stereocenters. The zero-order chi connectivity index (χ0) is 47.4. The second-order valence-electron chi connectivity index (χ2n) is 17.2. The SMILES string of the molecule is COc1cc([C@@H]2c3cc4c(cc3[C@H](OC(=O)CCCCC(=O)O[C@H]3c5cc6c(cc5[C@@H](c5cc(OC)c(OC)c(OC)c5)[C@H]5C(=O)OC[C@@H]53)OCO6)[C@H]3COC(=O)[C@H]23)OCO4)cc(OC)c1OC. The summed E-state index contributed by atoms with van der Waals surface area (Å²) in [5.41, 5.74) is 4.11. The Morgan fingerprint density at radius 3 is 1.13 bits per heavy atom. The molecule has 0 spiro atoms. The highest BCUT2D eigenvalue weighted by atomic mass is 16.7. The lowest BCUT2D eigenvalue weighted by atomic mass is 9.66. The van der Waals surface area contributed by atoms with Crippen LogP contribution in [0.1, 0.15) is 83.1 Å². The van der Waals surface area contributed by atoms with Crippen molar-refractivity contribution in [2.24, 2.45) is 23.7 Å². The molecule has 18 heteroatoms. The average molecular weight is 939 g/mol. The Morgan fingerprint density at radius 1 is 0.471 bits per heavy atom. The van der Waals surface area contributed by atoms with Crippen molar-refractivity contribution in [3.05, 3.63) is 81.9 Å². The van der Waals surface area contributed by atoms with Crippen LogP contribution in [0.25, 0.3) is 0 Å². The summed E-state index contributed by atoms with van der Waals surface area (Å²) in [4.78, 5) is 54.9. The van der Waals surface area contributed by atoms with E-state index in [1.807, 2.05) is 12.1 Å². The summed E-state index contributed by atoms with van der Waals surface area (Å²) < 4.78 is 80.8. The first-order valence-corrected chi connectivity index (χ1v) is 22.3. The van der Waals surface area contributed by atoms with Crippen LogP contribution in [0.4, 0.5) is 0 Å². The Bertz CT molecular complexity index is 2450. The molecule has 68 heavy (non-hydrogen) atoms. The molecule has 0 unspecified atom stereocenters. The molecule has 0 saturated carbocycles. The van der Waals surface area contributed by atoms with Crippen LogP contribution in [0.3, 0.4) is 0 Å². The van der Waals surface area contributed by atoms with Crippen LogP contribution < -0.4 is 47.4 Å². The maximum Gasteiger partial charge on any atom is 0.310 e. The third-order valence-corrected chi connectivity index (χ3v) is 13.9. The van der Waals surface area contributed by atoms with E-state index in [9.17, 15) is 19.2 Å². The van der Waals surface area contributed by atoms with Gasteiger partial charge in [-0.1, -0.05) is 0 Å². The lowest BCUT2D eigenvalue weighted by Gasteiger charge is -2.38. The Labute approximate surface area is 390 Å². The third kappa shape index (κ3) is 7.49. The van der Waals surface area contributed by atoms with Crippen molar-refractivity contribution < 1.29 is 85.5 Å². The van der Waals surface area contributed by atoms with Crippen molar-refractivity contribution in [2.75, 3.05) is 69.5 Å². The van der Waals surface area contributed by atoms with E-state index in [-0.39, 0.29) is 39.6 Å². The number of methoxy groups -OCH3 is 6. The number of unbranched alkanes of at least 4 members (excludes halogenated alkanes) is 1. The van der Waals surface area contributed by atoms with Gasteiger partial charge in [0.05, 0.1) is 67.7 Å². The molecule has 4 heterocycles. The maximum atomic E-state index is 13.8. The normalized spacial score (nSPS) is 24.3. The van der Waals surface area contributed by atoms with Gasteiger partial charge in [-0.3, -0.25) is 19.2 Å². The predicted octanol–water partition coefficient (Wildman–Crippen LogP) is 6.49. The molecule has 0 amide bonds. The standard InChI is InChI=1S/C50H50O18/c1-55-35-11-23(12-36(56-2)47(35)59-5)41-25-15-31-33(65-21-63-31)17-27(25)45(29-19-61-49(53)43(29)41)67-39(51)9-7-8-10-40(52)68-46-28-18-34-32(64-22-66-34)16-26(28)42(44-30(46)20-62-50(44)54)24-13-37(57-3)48(60-6)38(14-24)58-4/h11-18,29-30,41-46H,7-10,19-22H2,1-6H3/t29-,30-,41+,42+,43-,44-,45-,46-/m0/s1. The highest BCUT2D eigenvalue weighted by Gasteiger charge is 2.56. The summed E-state index contributed by atoms with van der Waals surface area (Å²) >= 11 is 0. The molecule has 0 bridgehead atoms. The Balaban J connectivity index is 0.860. The number of fused-ring (bicyclic) bond motifs is 6. The van der Waals surface area contributed by atoms with E-state index >= 15 is 0 Å². The van der Waals surface area contributed by atoms with E-state index in [0.29, 0.717) is 104 Å². The molecule has 0 radical (unpaired) electrons. The molecule has 18 nitrogen and oxygen atoms in total. The highest BCUT2D eigenvalue weighted by molar-refractivity contribution is 5.81. The number of ether oxygens (including phenoxy) is 14. The maximum absolute atomic E-state index is 13.8. The van der Waals surface area contributed by atoms with E-state index in [0.717, 1.165) is 0 Å². The molecule has 6 aliphatic rings. The summed E-state index contributed by atoms with van der Waals surface area (Å²) in [5, 5.41) is 0. The van der Waals surface area contributed by atoms with E-state index in [1.54, 1.807) is 36.4 Å². The van der Waals surface area contributed by atoms with Crippen LogP contribution in [-0.2, 0) is 38.1 Å². The van der Waals surface area contributed by atoms with Crippen LogP contribution in [0.5, 0.6) is 57.5 Å². The number of hydrogen-bond acceptors (Lipinski definition) is 18. The molecule has 2 saturated heterocycles. The topological polar surface area (TPSA) is 197 Å². The summed E-state index contributed by atoms with van der Waals surface area (Å²) in [7, 11) is 9.10. The van der Waals surface area contributed by atoms with Crippen LogP contribution >= 0.6 is 0 Å². The number of benzene rings is 4. The van der Waals surface area contributed by atoms with Gasteiger partial charge in [-0.25, -0.2) is 0 Å². The van der Waals surface area contributed by atoms with Gasteiger partial charge in [0.25, 0.3) is 0 Å². The van der Waals surface area contributed by atoms with Gasteiger partial charge in [0, 0.05) is 47.6 Å². The summed E-state index contributed by atoms with van der Waals surface area (Å²) in [6, 6.07) is 14.4. The van der Waals surface area contributed by atoms with Gasteiger partial charge in [0.1, 0.15) is 12.2 Å². The van der Waals surface area contributed by atoms with E-state index in [2.05, 4.69) is 0 Å². The monoisotopic (exact) mass is 938 g/mol. The zero-order valence-corrected chi connectivity index (χ0v) is 38.2. The van der Waals surface area contributed by atoms with Crippen LogP contribution in [0, 0.1) is 23.7 Å². The summed E-state index contributed by atoms with van der Waals surface area (Å²) in [5.74, 6) is -1.18. The molecule has 10 rings (SSSR count). The molecule has 4 aliphatic heterocycles. The molecular weight excluding hydrogens is 889 g/mol. The lowest BCUT2D eigenvalue weighted by Crippen LogP contribution is -2.36. The van der Waals surface area contributed by atoms with Crippen molar-refractivity contribution in [1.29, 1.82) is 0 Å². The van der Waals surface area contributed by atoms with Crippen molar-refractivity contribution >= 4 is 23.9 Å². The molecule has 4 aromatic carbocycles. The van der Waals surface area contributed by atoms with Gasteiger partial charge in [-0.05, 0) is 83.6 Å². The first-order chi connectivity index (χ1) is 33.1. The van der Waals surface area contributed by atoms with Crippen LogP contribution in [0.15, 0.2) is 48.5 Å². The Kier molecular flexibility index (Phi) is 11.9. The third-order valence-electron chi connectivity index (χ3n) is 13.9. The number of carbonyl (C=O) groups excluding carboxylic acids is 4. The van der Waals surface area contributed by atoms with Gasteiger partial charge >= 0.3 is 23.9 Å². The molecule has 0 N–H and O–H groups in total. The molecule has 2 aliphatic carbocycles. The largest absolute Gasteiger partial charge is 0.493 e. The number of carbonyl (C=O) groups is 4. The lowest BCUT2D eigenvalue weighted by molar-refractivity contribution is -0.156. The van der Waals surface area contributed by atoms with E-state index < -0.39 is 71.6 Å². The smallest absolute Gasteiger partial charge is 0.310 e. The number of cyclic esters (lactones) is 2. The van der Waals surface area contributed by atoms with E-state index in [4.69, 9.17) is 66.3 Å². The van der Waals surface area contributed by atoms with Gasteiger partial charge in [0.15, 0.2) is 46.0 Å². The number of rotatable bonds is 15. The zero-order valence-electron chi connectivity index (χ0n) is 38.2. The molecular formula is C50H50O18. The predicted molar refractivity (Wildman–Crippen MR) is 233 cm³/mol. The van der Waals surface area contributed by atoms with Gasteiger partial charge in [0.2, 0.25) is 25.1 Å². The second kappa shape index (κ2) is 18.1. The average Bonchev–Trinajstić information content (AvgIpc) is 4.18. The second-order valence-corrected chi connectivity index (χ2v) is 17.2. The molecule has 2 fully saturated rings. The quantitative estimate of drug-likeness (QED) is 0.0711. The van der Waals surface area contributed by atoms with Crippen molar-refractivity contribution in [1.82, 2.24) is 0 Å². The van der Waals surface area contributed by atoms with Crippen molar-refractivity contribution in [3.63, 3.8) is 0 Å².